The molecule has 1 atom stereocenters. The van der Waals surface area contributed by atoms with E-state index in [-0.39, 0.29) is 6.10 Å². The fourth-order valence-electron chi connectivity index (χ4n) is 1.66. The van der Waals surface area contributed by atoms with Crippen LogP contribution in [0, 0.1) is 0 Å². The maximum absolute atomic E-state index is 5.76. The van der Waals surface area contributed by atoms with Gasteiger partial charge in [-0.1, -0.05) is 12.1 Å². The molecule has 2 aromatic rings. The quantitative estimate of drug-likeness (QED) is 0.830. The number of fused-ring (bicyclic) bond motifs is 1. The number of halogens is 1. The number of benzene rings is 1. The molecule has 5 nitrogen and oxygen atoms in total. The van der Waals surface area contributed by atoms with Crippen molar-refractivity contribution in [2.75, 3.05) is 6.61 Å². The van der Waals surface area contributed by atoms with Gasteiger partial charge >= 0.3 is 0 Å². The highest BCUT2D eigenvalue weighted by Gasteiger charge is 2.25. The molecule has 0 amide bonds. The summed E-state index contributed by atoms with van der Waals surface area (Å²) in [4.78, 5) is 4.22. The predicted molar refractivity (Wildman–Crippen MR) is 61.2 cm³/mol. The van der Waals surface area contributed by atoms with Gasteiger partial charge in [-0.15, -0.1) is 11.6 Å². The number of alkyl halides is 1. The van der Waals surface area contributed by atoms with E-state index in [4.69, 9.17) is 21.1 Å². The third kappa shape index (κ3) is 1.93. The molecule has 1 aliphatic heterocycles. The summed E-state index contributed by atoms with van der Waals surface area (Å²) in [5.74, 6) is 2.95. The molecule has 1 unspecified atom stereocenters. The second-order valence-electron chi connectivity index (χ2n) is 3.64. The van der Waals surface area contributed by atoms with Crippen molar-refractivity contribution in [3.8, 4) is 11.5 Å². The van der Waals surface area contributed by atoms with Gasteiger partial charge in [0.2, 0.25) is 0 Å². The van der Waals surface area contributed by atoms with Crippen LogP contribution in [0.2, 0.25) is 0 Å². The molecule has 0 bridgehead atoms. The summed E-state index contributed by atoms with van der Waals surface area (Å²) < 4.78 is 11.3. The Kier molecular flexibility index (Phi) is 2.60. The van der Waals surface area contributed by atoms with Gasteiger partial charge in [-0.2, -0.15) is 5.10 Å². The van der Waals surface area contributed by atoms with E-state index in [0.29, 0.717) is 29.9 Å². The summed E-state index contributed by atoms with van der Waals surface area (Å²) in [7, 11) is 0. The monoisotopic (exact) mass is 251 g/mol. The number of nitrogens with zero attached hydrogens (tertiary/aromatic N) is 2. The molecule has 0 saturated heterocycles. The zero-order valence-corrected chi connectivity index (χ0v) is 9.65. The summed E-state index contributed by atoms with van der Waals surface area (Å²) >= 11 is 5.65. The van der Waals surface area contributed by atoms with Gasteiger partial charge in [0.1, 0.15) is 12.4 Å². The number of para-hydroxylation sites is 2. The number of rotatable bonds is 2. The molecule has 0 fully saturated rings. The van der Waals surface area contributed by atoms with Gasteiger partial charge in [0, 0.05) is 0 Å². The minimum atomic E-state index is -0.293. The smallest absolute Gasteiger partial charge is 0.195 e. The second-order valence-corrected chi connectivity index (χ2v) is 3.91. The lowest BCUT2D eigenvalue weighted by Gasteiger charge is -2.24. The lowest BCUT2D eigenvalue weighted by Crippen LogP contribution is -2.22. The third-order valence-corrected chi connectivity index (χ3v) is 2.73. The van der Waals surface area contributed by atoms with Crippen LogP contribution in [0.1, 0.15) is 17.8 Å². The second kappa shape index (κ2) is 4.25. The van der Waals surface area contributed by atoms with Crippen LogP contribution >= 0.6 is 11.6 Å². The molecule has 0 radical (unpaired) electrons. The van der Waals surface area contributed by atoms with Gasteiger partial charge < -0.3 is 9.47 Å². The Hall–Kier alpha value is -1.75. The molecule has 17 heavy (non-hydrogen) atoms. The zero-order valence-electron chi connectivity index (χ0n) is 8.89. The summed E-state index contributed by atoms with van der Waals surface area (Å²) in [6.07, 6.45) is -0.293. The number of nitrogens with one attached hydrogen (secondary N) is 1. The summed E-state index contributed by atoms with van der Waals surface area (Å²) in [6.45, 7) is 0.399. The van der Waals surface area contributed by atoms with E-state index in [1.165, 1.54) is 0 Å². The fraction of sp³-hybridized carbons (Fsp3) is 0.273. The van der Waals surface area contributed by atoms with Crippen molar-refractivity contribution < 1.29 is 9.47 Å². The first-order chi connectivity index (χ1) is 8.36. The van der Waals surface area contributed by atoms with Gasteiger partial charge in [0.05, 0.1) is 5.88 Å². The zero-order chi connectivity index (χ0) is 11.7. The topological polar surface area (TPSA) is 60.0 Å². The van der Waals surface area contributed by atoms with E-state index in [9.17, 15) is 0 Å². The molecular weight excluding hydrogens is 242 g/mol. The minimum Gasteiger partial charge on any atom is -0.485 e. The number of H-pyrrole nitrogens is 1. The van der Waals surface area contributed by atoms with Crippen LogP contribution in [0.4, 0.5) is 0 Å². The van der Waals surface area contributed by atoms with Gasteiger partial charge in [-0.05, 0) is 12.1 Å². The van der Waals surface area contributed by atoms with Crippen LogP contribution in [0.25, 0.3) is 0 Å². The molecule has 0 spiro atoms. The average molecular weight is 252 g/mol. The van der Waals surface area contributed by atoms with Crippen molar-refractivity contribution in [1.29, 1.82) is 0 Å². The highest BCUT2D eigenvalue weighted by molar-refractivity contribution is 6.16. The SMILES string of the molecule is ClCc1nc(C2COc3ccccc3O2)n[nH]1. The number of hydrogen-bond donors (Lipinski definition) is 1. The molecule has 3 rings (SSSR count). The summed E-state index contributed by atoms with van der Waals surface area (Å²) in [6, 6.07) is 7.53. The van der Waals surface area contributed by atoms with Crippen molar-refractivity contribution in [2.45, 2.75) is 12.0 Å². The molecule has 1 aromatic heterocycles. The highest BCUT2D eigenvalue weighted by atomic mass is 35.5. The van der Waals surface area contributed by atoms with Crippen molar-refractivity contribution in [2.24, 2.45) is 0 Å². The van der Waals surface area contributed by atoms with Crippen LogP contribution < -0.4 is 9.47 Å². The van der Waals surface area contributed by atoms with E-state index >= 15 is 0 Å². The van der Waals surface area contributed by atoms with E-state index in [1.54, 1.807) is 0 Å². The Labute approximate surface area is 103 Å². The predicted octanol–water partition coefficient (Wildman–Crippen LogP) is 2.06. The van der Waals surface area contributed by atoms with Gasteiger partial charge in [0.15, 0.2) is 23.4 Å². The number of aromatic amines is 1. The molecule has 88 valence electrons. The number of ether oxygens (including phenoxy) is 2. The van der Waals surface area contributed by atoms with E-state index < -0.39 is 0 Å². The molecular formula is C11H10ClN3O2. The average Bonchev–Trinajstić information content (AvgIpc) is 2.87. The maximum atomic E-state index is 5.76. The Morgan fingerprint density at radius 2 is 2.18 bits per heavy atom. The molecule has 1 aliphatic rings. The van der Waals surface area contributed by atoms with Crippen LogP contribution in [0.15, 0.2) is 24.3 Å². The van der Waals surface area contributed by atoms with Gasteiger partial charge in [0.25, 0.3) is 0 Å². The van der Waals surface area contributed by atoms with E-state index in [2.05, 4.69) is 15.2 Å². The van der Waals surface area contributed by atoms with Gasteiger partial charge in [-0.25, -0.2) is 4.98 Å². The Morgan fingerprint density at radius 3 is 2.94 bits per heavy atom. The molecule has 6 heteroatoms. The third-order valence-electron chi connectivity index (χ3n) is 2.47. The Balaban J connectivity index is 1.84. The number of hydrogen-bond acceptors (Lipinski definition) is 4. The standard InChI is InChI=1S/C11H10ClN3O2/c12-5-10-13-11(15-14-10)9-6-16-7-3-1-2-4-8(7)17-9/h1-4,9H,5-6H2,(H,13,14,15). The normalized spacial score (nSPS) is 18.1. The van der Waals surface area contributed by atoms with Crippen LogP contribution in [0.3, 0.4) is 0 Å². The van der Waals surface area contributed by atoms with Crippen LogP contribution in [-0.2, 0) is 5.88 Å². The van der Waals surface area contributed by atoms with Crippen molar-refractivity contribution in [3.63, 3.8) is 0 Å². The van der Waals surface area contributed by atoms with Crippen LogP contribution in [0.5, 0.6) is 11.5 Å². The highest BCUT2D eigenvalue weighted by Crippen LogP contribution is 2.34. The maximum Gasteiger partial charge on any atom is 0.195 e. The largest absolute Gasteiger partial charge is 0.485 e. The van der Waals surface area contributed by atoms with Gasteiger partial charge in [-0.3, -0.25) is 5.10 Å². The molecule has 1 aromatic carbocycles. The van der Waals surface area contributed by atoms with Crippen molar-refractivity contribution in [1.82, 2.24) is 15.2 Å². The lowest BCUT2D eigenvalue weighted by molar-refractivity contribution is 0.0853. The molecule has 2 heterocycles. The lowest BCUT2D eigenvalue weighted by atomic mass is 10.2. The fourth-order valence-corrected chi connectivity index (χ4v) is 1.78. The molecule has 0 aliphatic carbocycles. The van der Waals surface area contributed by atoms with Crippen molar-refractivity contribution >= 4 is 11.6 Å². The minimum absolute atomic E-state index is 0.293. The van der Waals surface area contributed by atoms with Crippen LogP contribution in [-0.4, -0.2) is 21.8 Å². The van der Waals surface area contributed by atoms with Crippen molar-refractivity contribution in [3.05, 3.63) is 35.9 Å². The first-order valence-corrected chi connectivity index (χ1v) is 5.76. The molecule has 1 N–H and O–H groups in total. The summed E-state index contributed by atoms with van der Waals surface area (Å²) in [5, 5.41) is 6.81. The summed E-state index contributed by atoms with van der Waals surface area (Å²) in [5.41, 5.74) is 0. The first kappa shape index (κ1) is 10.4. The Morgan fingerprint density at radius 1 is 1.35 bits per heavy atom. The van der Waals surface area contributed by atoms with E-state index in [1.807, 2.05) is 24.3 Å². The molecule has 0 saturated carbocycles. The van der Waals surface area contributed by atoms with E-state index in [0.717, 1.165) is 5.75 Å². The Bertz CT molecular complexity index is 529. The number of aromatic nitrogens is 3. The first-order valence-electron chi connectivity index (χ1n) is 5.22.